The number of nitrogens with zero attached hydrogens (tertiary/aromatic N) is 15. The lowest BCUT2D eigenvalue weighted by Gasteiger charge is -2.33. The molecule has 0 fully saturated rings. The number of hydrogen-bond acceptors (Lipinski definition) is 12. The monoisotopic (exact) mass is 977 g/mol. The molecule has 0 spiro atoms. The molecule has 15 heteroatoms. The lowest BCUT2D eigenvalue weighted by atomic mass is 9.72. The van der Waals surface area contributed by atoms with E-state index in [1.807, 2.05) is 55.4 Å². The van der Waals surface area contributed by atoms with Gasteiger partial charge in [0.25, 0.3) is 0 Å². The van der Waals surface area contributed by atoms with Gasteiger partial charge in [0.15, 0.2) is 29.0 Å². The van der Waals surface area contributed by atoms with Gasteiger partial charge in [0.2, 0.25) is 0 Å². The van der Waals surface area contributed by atoms with Crippen LogP contribution in [0.5, 0.6) is 0 Å². The van der Waals surface area contributed by atoms with Gasteiger partial charge in [-0.05, 0) is 128 Å². The zero-order chi connectivity index (χ0) is 51.8. The van der Waals surface area contributed by atoms with E-state index in [1.165, 1.54) is 0 Å². The highest BCUT2D eigenvalue weighted by Gasteiger charge is 2.46. The summed E-state index contributed by atoms with van der Waals surface area (Å²) < 4.78 is 4.63. The molecule has 7 heterocycles. The molecule has 12 aromatic rings. The molecule has 0 atom stereocenters. The Hall–Kier alpha value is -9.55. The second-order valence-corrected chi connectivity index (χ2v) is 19.7. The van der Waals surface area contributed by atoms with Gasteiger partial charge in [0.1, 0.15) is 52.0 Å². The van der Waals surface area contributed by atoms with E-state index in [0.29, 0.717) is 75.6 Å². The Balaban J connectivity index is 1.29. The smallest absolute Gasteiger partial charge is 0.197 e. The third-order valence-electron chi connectivity index (χ3n) is 14.3. The Morgan fingerprint density at radius 3 is 1.12 bits per heavy atom. The molecule has 1 aliphatic rings. The fourth-order valence-corrected chi connectivity index (χ4v) is 11.5. The number of aromatic nitrogens is 14. The van der Waals surface area contributed by atoms with Crippen LogP contribution in [-0.2, 0) is 5.41 Å². The van der Waals surface area contributed by atoms with Crippen molar-refractivity contribution in [3.8, 4) is 45.3 Å². The molecule has 0 N–H and O–H groups in total. The van der Waals surface area contributed by atoms with E-state index < -0.39 is 5.41 Å². The molecule has 362 valence electrons. The maximum absolute atomic E-state index is 8.92. The predicted molar refractivity (Wildman–Crippen MR) is 290 cm³/mol. The van der Waals surface area contributed by atoms with Crippen LogP contribution in [0.1, 0.15) is 80.5 Å². The summed E-state index contributed by atoms with van der Waals surface area (Å²) in [7, 11) is 0. The second kappa shape index (κ2) is 16.5. The Bertz CT molecular complexity index is 4370. The van der Waals surface area contributed by atoms with Crippen molar-refractivity contribution in [1.82, 2.24) is 68.9 Å². The van der Waals surface area contributed by atoms with Crippen molar-refractivity contribution >= 4 is 49.3 Å². The van der Waals surface area contributed by atoms with E-state index in [-0.39, 0.29) is 0 Å². The number of rotatable bonds is 5. The Morgan fingerprint density at radius 1 is 0.360 bits per heavy atom. The lowest BCUT2D eigenvalue weighted by Crippen LogP contribution is -2.36. The largest absolute Gasteiger partial charge is 0.308 e. The van der Waals surface area contributed by atoms with Crippen LogP contribution in [0.25, 0.3) is 93.7 Å². The summed E-state index contributed by atoms with van der Waals surface area (Å²) in [6.45, 7) is 28.2. The standard InChI is InChI=1S/C60H47N15/c1-29-20-30(2)22-41(21-29)48-27-54-55(28-49(48)61-11)75-51-24-40(57-68-33(5)63-34(6)69-57)13-17-45(51)47-19-15-43(26-53(47)75)60(58-70-35(7)64-36(8)71-58,59-72-37(9)65-38(10)73-59)42-14-18-46-44-16-12-39(23-50(44)74(54)52(46)25-42)56-66-31(3)62-32(4)67-56/h12-28H,1-10H3. The summed E-state index contributed by atoms with van der Waals surface area (Å²) in [6, 6.07) is 36.6. The molecule has 0 saturated carbocycles. The number of benzene rings is 6. The molecule has 0 saturated heterocycles. The van der Waals surface area contributed by atoms with Crippen molar-refractivity contribution in [2.24, 2.45) is 0 Å². The predicted octanol–water partition coefficient (Wildman–Crippen LogP) is 12.0. The minimum Gasteiger partial charge on any atom is -0.308 e. The van der Waals surface area contributed by atoms with Gasteiger partial charge in [-0.25, -0.2) is 64.7 Å². The zero-order valence-electron chi connectivity index (χ0n) is 43.0. The second-order valence-electron chi connectivity index (χ2n) is 19.7. The van der Waals surface area contributed by atoms with Crippen LogP contribution in [0.15, 0.2) is 103 Å². The Morgan fingerprint density at radius 2 is 0.720 bits per heavy atom. The lowest BCUT2D eigenvalue weighted by molar-refractivity contribution is 0.603. The molecule has 0 radical (unpaired) electrons. The normalized spacial score (nSPS) is 12.8. The van der Waals surface area contributed by atoms with Crippen LogP contribution in [0.2, 0.25) is 0 Å². The molecule has 6 aromatic carbocycles. The van der Waals surface area contributed by atoms with Crippen LogP contribution in [-0.4, -0.2) is 68.9 Å². The highest BCUT2D eigenvalue weighted by molar-refractivity contribution is 6.13. The topological polar surface area (TPSA) is 169 Å². The molecular weight excluding hydrogens is 931 g/mol. The van der Waals surface area contributed by atoms with Crippen molar-refractivity contribution in [2.45, 2.75) is 74.7 Å². The minimum atomic E-state index is -1.33. The molecular formula is C60H47N15. The fourth-order valence-electron chi connectivity index (χ4n) is 11.5. The summed E-state index contributed by atoms with van der Waals surface area (Å²) in [5.41, 5.74) is 11.6. The quantitative estimate of drug-likeness (QED) is 0.150. The van der Waals surface area contributed by atoms with Gasteiger partial charge in [-0.2, -0.15) is 0 Å². The molecule has 1 aliphatic heterocycles. The first-order valence-electron chi connectivity index (χ1n) is 24.7. The van der Waals surface area contributed by atoms with Crippen molar-refractivity contribution < 1.29 is 0 Å². The van der Waals surface area contributed by atoms with E-state index in [2.05, 4.69) is 141 Å². The van der Waals surface area contributed by atoms with Gasteiger partial charge < -0.3 is 9.13 Å². The molecule has 15 nitrogen and oxygen atoms in total. The van der Waals surface area contributed by atoms with Crippen molar-refractivity contribution in [1.29, 1.82) is 0 Å². The van der Waals surface area contributed by atoms with E-state index in [0.717, 1.165) is 99.5 Å². The van der Waals surface area contributed by atoms with Gasteiger partial charge in [0, 0.05) is 32.7 Å². The van der Waals surface area contributed by atoms with Crippen LogP contribution in [0, 0.1) is 75.8 Å². The van der Waals surface area contributed by atoms with Crippen LogP contribution >= 0.6 is 0 Å². The SMILES string of the molecule is [C-]#[N+]c1cc2c(cc1-c1cc(C)cc(C)c1)-n1c3cc(-c4nc(C)nc(C)n4)ccc3c3ccc(cc31)C(c1nc(C)nc(C)n1)(c1nc(C)nc(C)n1)c1ccc3c4ccc(-c5nc(C)nc(C)n5)cc4n-2c3c1. The molecule has 6 aromatic heterocycles. The summed E-state index contributed by atoms with van der Waals surface area (Å²) in [5, 5.41) is 3.96. The summed E-state index contributed by atoms with van der Waals surface area (Å²) in [4.78, 5) is 63.1. The Kier molecular flexibility index (Phi) is 9.96. The molecule has 75 heavy (non-hydrogen) atoms. The molecule has 4 bridgehead atoms. The first-order chi connectivity index (χ1) is 36.1. The average Bonchev–Trinajstić information content (AvgIpc) is 3.95. The van der Waals surface area contributed by atoms with Crippen LogP contribution in [0.4, 0.5) is 5.69 Å². The van der Waals surface area contributed by atoms with E-state index >= 15 is 0 Å². The maximum Gasteiger partial charge on any atom is 0.197 e. The Labute approximate surface area is 431 Å². The summed E-state index contributed by atoms with van der Waals surface area (Å²) in [5.74, 6) is 6.83. The van der Waals surface area contributed by atoms with Gasteiger partial charge in [-0.15, -0.1) is 0 Å². The molecule has 0 aliphatic carbocycles. The van der Waals surface area contributed by atoms with E-state index in [1.54, 1.807) is 0 Å². The van der Waals surface area contributed by atoms with Gasteiger partial charge in [-0.3, -0.25) is 0 Å². The number of fused-ring (bicyclic) bond motifs is 11. The van der Waals surface area contributed by atoms with Gasteiger partial charge >= 0.3 is 0 Å². The van der Waals surface area contributed by atoms with Crippen molar-refractivity contribution in [3.05, 3.63) is 195 Å². The van der Waals surface area contributed by atoms with Crippen molar-refractivity contribution in [3.63, 3.8) is 0 Å². The van der Waals surface area contributed by atoms with Gasteiger partial charge in [-0.1, -0.05) is 77.9 Å². The fraction of sp³-hybridized carbons (Fsp3) is 0.183. The summed E-state index contributed by atoms with van der Waals surface area (Å²) in [6.07, 6.45) is 0. The molecule has 0 unspecified atom stereocenters. The van der Waals surface area contributed by atoms with E-state index in [4.69, 9.17) is 56.4 Å². The first kappa shape index (κ1) is 45.3. The highest BCUT2D eigenvalue weighted by Crippen LogP contribution is 2.50. The third-order valence-corrected chi connectivity index (χ3v) is 14.3. The number of hydrogen-bond donors (Lipinski definition) is 0. The van der Waals surface area contributed by atoms with Crippen molar-refractivity contribution in [2.75, 3.05) is 0 Å². The highest BCUT2D eigenvalue weighted by atomic mass is 15.1. The van der Waals surface area contributed by atoms with Crippen LogP contribution < -0.4 is 0 Å². The zero-order valence-corrected chi connectivity index (χ0v) is 43.0. The van der Waals surface area contributed by atoms with Crippen LogP contribution in [0.3, 0.4) is 0 Å². The molecule has 13 rings (SSSR count). The number of aryl methyl sites for hydroxylation is 10. The van der Waals surface area contributed by atoms with Gasteiger partial charge in [0.05, 0.1) is 40.0 Å². The average molecular weight is 978 g/mol. The maximum atomic E-state index is 8.92. The summed E-state index contributed by atoms with van der Waals surface area (Å²) >= 11 is 0. The molecule has 0 amide bonds. The first-order valence-corrected chi connectivity index (χ1v) is 24.7. The minimum absolute atomic E-state index is 0.469. The third kappa shape index (κ3) is 7.08. The van der Waals surface area contributed by atoms with E-state index in [9.17, 15) is 0 Å².